The zero-order chi connectivity index (χ0) is 18.5. The van der Waals surface area contributed by atoms with Crippen LogP contribution < -0.4 is 10.6 Å². The number of nitrogens with zero attached hydrogens (tertiary/aromatic N) is 3. The van der Waals surface area contributed by atoms with Gasteiger partial charge in [0.05, 0.1) is 12.7 Å². The van der Waals surface area contributed by atoms with Crippen LogP contribution in [0.5, 0.6) is 0 Å². The van der Waals surface area contributed by atoms with Gasteiger partial charge in [0.2, 0.25) is 0 Å². The fourth-order valence-electron chi connectivity index (χ4n) is 3.43. The van der Waals surface area contributed by atoms with Crippen LogP contribution in [0, 0.1) is 0 Å². The van der Waals surface area contributed by atoms with Gasteiger partial charge < -0.3 is 29.9 Å². The zero-order valence-electron chi connectivity index (χ0n) is 16.8. The summed E-state index contributed by atoms with van der Waals surface area (Å²) in [5.41, 5.74) is 0. The smallest absolute Gasteiger partial charge is 0.190 e. The minimum absolute atomic E-state index is 0.321. The molecule has 152 valence electrons. The molecule has 0 aromatic heterocycles. The zero-order valence-corrected chi connectivity index (χ0v) is 16.8. The van der Waals surface area contributed by atoms with Gasteiger partial charge in [0.15, 0.2) is 5.96 Å². The first-order valence-electron chi connectivity index (χ1n) is 10.3. The molecule has 1 unspecified atom stereocenters. The topological polar surface area (TPSA) is 61.4 Å². The predicted molar refractivity (Wildman–Crippen MR) is 107 cm³/mol. The van der Waals surface area contributed by atoms with Gasteiger partial charge in [-0.15, -0.1) is 0 Å². The second-order valence-electron chi connectivity index (χ2n) is 7.34. The third kappa shape index (κ3) is 9.16. The van der Waals surface area contributed by atoms with Crippen LogP contribution in [-0.2, 0) is 9.47 Å². The third-order valence-corrected chi connectivity index (χ3v) is 5.06. The first-order chi connectivity index (χ1) is 12.8. The monoisotopic (exact) mass is 369 g/mol. The van der Waals surface area contributed by atoms with Gasteiger partial charge in [-0.1, -0.05) is 0 Å². The molecule has 0 bridgehead atoms. The SMILES string of the molecule is CN=C(NCCCOCC1CCCO1)NCCCN1CCCN(C)CC1. The maximum Gasteiger partial charge on any atom is 0.190 e. The summed E-state index contributed by atoms with van der Waals surface area (Å²) in [7, 11) is 4.04. The van der Waals surface area contributed by atoms with Gasteiger partial charge in [-0.05, 0) is 58.8 Å². The summed E-state index contributed by atoms with van der Waals surface area (Å²) >= 11 is 0. The molecule has 7 heteroatoms. The van der Waals surface area contributed by atoms with E-state index in [1.165, 1.54) is 39.0 Å². The molecule has 0 radical (unpaired) electrons. The molecule has 2 aliphatic heterocycles. The highest BCUT2D eigenvalue weighted by molar-refractivity contribution is 5.79. The van der Waals surface area contributed by atoms with E-state index >= 15 is 0 Å². The van der Waals surface area contributed by atoms with Gasteiger partial charge in [-0.3, -0.25) is 4.99 Å². The van der Waals surface area contributed by atoms with Gasteiger partial charge in [0.1, 0.15) is 0 Å². The summed E-state index contributed by atoms with van der Waals surface area (Å²) in [5, 5.41) is 6.77. The number of guanidine groups is 1. The largest absolute Gasteiger partial charge is 0.379 e. The number of rotatable bonds is 10. The van der Waals surface area contributed by atoms with E-state index in [1.54, 1.807) is 0 Å². The summed E-state index contributed by atoms with van der Waals surface area (Å²) in [6.45, 7) is 10.2. The quantitative estimate of drug-likeness (QED) is 0.337. The molecule has 0 aromatic carbocycles. The Balaban J connectivity index is 1.43. The number of nitrogens with one attached hydrogen (secondary N) is 2. The van der Waals surface area contributed by atoms with Crippen LogP contribution in [0.1, 0.15) is 32.1 Å². The van der Waals surface area contributed by atoms with Gasteiger partial charge >= 0.3 is 0 Å². The van der Waals surface area contributed by atoms with Crippen molar-refractivity contribution in [3.8, 4) is 0 Å². The van der Waals surface area contributed by atoms with E-state index in [-0.39, 0.29) is 0 Å². The molecule has 1 atom stereocenters. The summed E-state index contributed by atoms with van der Waals surface area (Å²) in [4.78, 5) is 9.29. The number of likely N-dealkylation sites (N-methyl/N-ethyl adjacent to an activating group) is 1. The molecule has 0 saturated carbocycles. The number of ether oxygens (including phenoxy) is 2. The number of hydrogen-bond acceptors (Lipinski definition) is 5. The Morgan fingerprint density at radius 2 is 1.96 bits per heavy atom. The van der Waals surface area contributed by atoms with Crippen molar-refractivity contribution in [1.82, 2.24) is 20.4 Å². The van der Waals surface area contributed by atoms with E-state index in [2.05, 4.69) is 32.5 Å². The molecular formula is C19H39N5O2. The predicted octanol–water partition coefficient (Wildman–Crippen LogP) is 0.765. The average molecular weight is 370 g/mol. The summed E-state index contributed by atoms with van der Waals surface area (Å²) < 4.78 is 11.2. The molecule has 2 heterocycles. The molecule has 0 aliphatic carbocycles. The second kappa shape index (κ2) is 13.3. The fourth-order valence-corrected chi connectivity index (χ4v) is 3.43. The molecule has 2 N–H and O–H groups in total. The van der Waals surface area contributed by atoms with Gasteiger partial charge in [-0.25, -0.2) is 0 Å². The maximum absolute atomic E-state index is 5.68. The minimum atomic E-state index is 0.321. The first-order valence-corrected chi connectivity index (χ1v) is 10.3. The van der Waals surface area contributed by atoms with Crippen LogP contribution in [-0.4, -0.2) is 102 Å². The molecule has 2 saturated heterocycles. The van der Waals surface area contributed by atoms with Gasteiger partial charge in [0, 0.05) is 46.4 Å². The molecular weight excluding hydrogens is 330 g/mol. The standard InChI is InChI=1S/C19H39N5O2/c1-20-19(22-9-5-15-25-17-18-7-3-16-26-18)21-8-4-11-24-12-6-10-23(2)13-14-24/h18H,3-17H2,1-2H3,(H2,20,21,22). The lowest BCUT2D eigenvalue weighted by atomic mass is 10.2. The van der Waals surface area contributed by atoms with Crippen molar-refractivity contribution in [3.05, 3.63) is 0 Å². The van der Waals surface area contributed by atoms with E-state index in [0.717, 1.165) is 64.7 Å². The molecule has 0 aromatic rings. The Kier molecular flexibility index (Phi) is 11.0. The van der Waals surface area contributed by atoms with Crippen LogP contribution in [0.4, 0.5) is 0 Å². The normalized spacial score (nSPS) is 23.2. The van der Waals surface area contributed by atoms with E-state index < -0.39 is 0 Å². The van der Waals surface area contributed by atoms with Crippen LogP contribution >= 0.6 is 0 Å². The van der Waals surface area contributed by atoms with Crippen molar-refractivity contribution < 1.29 is 9.47 Å². The lowest BCUT2D eigenvalue weighted by molar-refractivity contribution is 0.0168. The van der Waals surface area contributed by atoms with Crippen molar-refractivity contribution in [1.29, 1.82) is 0 Å². The summed E-state index contributed by atoms with van der Waals surface area (Å²) in [6.07, 6.45) is 6.04. The molecule has 2 aliphatic rings. The van der Waals surface area contributed by atoms with E-state index in [1.807, 2.05) is 7.05 Å². The van der Waals surface area contributed by atoms with Crippen LogP contribution in [0.2, 0.25) is 0 Å². The van der Waals surface area contributed by atoms with Crippen molar-refractivity contribution in [2.45, 2.75) is 38.2 Å². The Morgan fingerprint density at radius 1 is 1.12 bits per heavy atom. The highest BCUT2D eigenvalue weighted by Gasteiger charge is 2.15. The Hall–Kier alpha value is -0.890. The number of hydrogen-bond donors (Lipinski definition) is 2. The summed E-state index contributed by atoms with van der Waals surface area (Å²) in [5.74, 6) is 0.889. The van der Waals surface area contributed by atoms with Crippen molar-refractivity contribution in [2.24, 2.45) is 4.99 Å². The highest BCUT2D eigenvalue weighted by atomic mass is 16.5. The minimum Gasteiger partial charge on any atom is -0.379 e. The number of aliphatic imine (C=N–C) groups is 1. The fraction of sp³-hybridized carbons (Fsp3) is 0.947. The molecule has 0 amide bonds. The molecule has 0 spiro atoms. The highest BCUT2D eigenvalue weighted by Crippen LogP contribution is 2.11. The van der Waals surface area contributed by atoms with E-state index in [4.69, 9.17) is 9.47 Å². The molecule has 7 nitrogen and oxygen atoms in total. The van der Waals surface area contributed by atoms with Crippen molar-refractivity contribution >= 4 is 5.96 Å². The average Bonchev–Trinajstić information content (AvgIpc) is 3.08. The van der Waals surface area contributed by atoms with Gasteiger partial charge in [-0.2, -0.15) is 0 Å². The van der Waals surface area contributed by atoms with E-state index in [0.29, 0.717) is 6.10 Å². The van der Waals surface area contributed by atoms with Crippen LogP contribution in [0.15, 0.2) is 4.99 Å². The third-order valence-electron chi connectivity index (χ3n) is 5.06. The first kappa shape index (κ1) is 21.4. The van der Waals surface area contributed by atoms with Crippen LogP contribution in [0.25, 0.3) is 0 Å². The molecule has 26 heavy (non-hydrogen) atoms. The van der Waals surface area contributed by atoms with Crippen LogP contribution in [0.3, 0.4) is 0 Å². The lowest BCUT2D eigenvalue weighted by Gasteiger charge is -2.20. The molecule has 2 rings (SSSR count). The van der Waals surface area contributed by atoms with Crippen molar-refractivity contribution in [3.63, 3.8) is 0 Å². The Morgan fingerprint density at radius 3 is 2.73 bits per heavy atom. The Labute approximate surface area is 159 Å². The maximum atomic E-state index is 5.68. The summed E-state index contributed by atoms with van der Waals surface area (Å²) in [6, 6.07) is 0. The van der Waals surface area contributed by atoms with Gasteiger partial charge in [0.25, 0.3) is 0 Å². The van der Waals surface area contributed by atoms with E-state index in [9.17, 15) is 0 Å². The Bertz CT molecular complexity index is 388. The van der Waals surface area contributed by atoms with Crippen molar-refractivity contribution in [2.75, 3.05) is 79.7 Å². The lowest BCUT2D eigenvalue weighted by Crippen LogP contribution is -2.39. The second-order valence-corrected chi connectivity index (χ2v) is 7.34. The molecule has 2 fully saturated rings.